The number of anilines is 1. The van der Waals surface area contributed by atoms with Crippen LogP contribution in [0.3, 0.4) is 0 Å². The molecule has 0 unspecified atom stereocenters. The van der Waals surface area contributed by atoms with Crippen LogP contribution in [0.1, 0.15) is 12.8 Å². The predicted octanol–water partition coefficient (Wildman–Crippen LogP) is 2.75. The maximum atomic E-state index is 10.4. The molecule has 1 aliphatic heterocycles. The van der Waals surface area contributed by atoms with Crippen LogP contribution in [-0.4, -0.2) is 36.4 Å². The molecule has 132 valence electrons. The van der Waals surface area contributed by atoms with Crippen LogP contribution in [0.15, 0.2) is 59.6 Å². The largest absolute Gasteiger partial charge is 0.457 e. The number of hydrogen-bond donors (Lipinski definition) is 3. The molecular formula is C19H23N3O3. The quantitative estimate of drug-likeness (QED) is 0.575. The van der Waals surface area contributed by atoms with Gasteiger partial charge >= 0.3 is 0 Å². The van der Waals surface area contributed by atoms with Crippen LogP contribution in [0, 0.1) is 0 Å². The molecule has 0 radical (unpaired) electrons. The number of para-hydroxylation sites is 1. The lowest BCUT2D eigenvalue weighted by Crippen LogP contribution is -2.40. The molecule has 2 aromatic rings. The van der Waals surface area contributed by atoms with E-state index in [0.29, 0.717) is 31.8 Å². The van der Waals surface area contributed by atoms with E-state index >= 15 is 0 Å². The van der Waals surface area contributed by atoms with E-state index in [4.69, 9.17) is 15.2 Å². The Hall–Kier alpha value is -2.57. The number of aliphatic hydroxyl groups is 1. The van der Waals surface area contributed by atoms with Gasteiger partial charge in [-0.2, -0.15) is 0 Å². The van der Waals surface area contributed by atoms with Crippen LogP contribution in [0.2, 0.25) is 0 Å². The topological polar surface area (TPSA) is 89.1 Å². The Morgan fingerprint density at radius 1 is 1.12 bits per heavy atom. The highest BCUT2D eigenvalue weighted by atomic mass is 16.5. The maximum absolute atomic E-state index is 10.4. The van der Waals surface area contributed by atoms with Crippen molar-refractivity contribution in [2.24, 2.45) is 10.7 Å². The lowest BCUT2D eigenvalue weighted by Gasteiger charge is -2.30. The fraction of sp³-hybridized carbons (Fsp3) is 0.316. The minimum Gasteiger partial charge on any atom is -0.457 e. The number of nitrogens with zero attached hydrogens (tertiary/aromatic N) is 1. The molecule has 1 heterocycles. The molecule has 0 aliphatic carbocycles. The van der Waals surface area contributed by atoms with E-state index in [-0.39, 0.29) is 12.5 Å². The zero-order chi connectivity index (χ0) is 17.5. The number of rotatable bonds is 5. The highest BCUT2D eigenvalue weighted by molar-refractivity contribution is 5.92. The minimum atomic E-state index is -0.831. The van der Waals surface area contributed by atoms with Crippen molar-refractivity contribution in [2.45, 2.75) is 18.4 Å². The first-order chi connectivity index (χ1) is 12.1. The smallest absolute Gasteiger partial charge is 0.193 e. The first-order valence-electron chi connectivity index (χ1n) is 8.33. The third-order valence-corrected chi connectivity index (χ3v) is 4.05. The van der Waals surface area contributed by atoms with E-state index in [2.05, 4.69) is 10.3 Å². The van der Waals surface area contributed by atoms with Crippen molar-refractivity contribution >= 4 is 11.6 Å². The van der Waals surface area contributed by atoms with E-state index in [1.54, 1.807) is 0 Å². The molecule has 0 aromatic heterocycles. The van der Waals surface area contributed by atoms with Gasteiger partial charge in [-0.25, -0.2) is 0 Å². The lowest BCUT2D eigenvalue weighted by molar-refractivity contribution is -0.0565. The summed E-state index contributed by atoms with van der Waals surface area (Å²) in [4.78, 5) is 4.27. The Morgan fingerprint density at radius 3 is 2.60 bits per heavy atom. The van der Waals surface area contributed by atoms with Crippen molar-refractivity contribution in [3.05, 3.63) is 54.6 Å². The van der Waals surface area contributed by atoms with Gasteiger partial charge in [0.15, 0.2) is 5.96 Å². The van der Waals surface area contributed by atoms with Crippen LogP contribution in [0.4, 0.5) is 5.69 Å². The van der Waals surface area contributed by atoms with Crippen molar-refractivity contribution in [3.63, 3.8) is 0 Å². The number of hydrogen-bond acceptors (Lipinski definition) is 4. The van der Waals surface area contributed by atoms with Gasteiger partial charge in [-0.05, 0) is 24.3 Å². The van der Waals surface area contributed by atoms with Crippen molar-refractivity contribution in [3.8, 4) is 11.5 Å². The van der Waals surface area contributed by atoms with Gasteiger partial charge < -0.3 is 25.6 Å². The molecule has 0 amide bonds. The van der Waals surface area contributed by atoms with E-state index in [1.807, 2.05) is 54.6 Å². The number of nitrogens with one attached hydrogen (secondary N) is 1. The Bertz CT molecular complexity index is 713. The highest BCUT2D eigenvalue weighted by Gasteiger charge is 2.29. The third-order valence-electron chi connectivity index (χ3n) is 4.05. The van der Waals surface area contributed by atoms with E-state index in [9.17, 15) is 5.11 Å². The van der Waals surface area contributed by atoms with Gasteiger partial charge in [0.25, 0.3) is 0 Å². The molecule has 25 heavy (non-hydrogen) atoms. The molecule has 1 saturated heterocycles. The molecular weight excluding hydrogens is 318 g/mol. The third kappa shape index (κ3) is 5.20. The summed E-state index contributed by atoms with van der Waals surface area (Å²) in [7, 11) is 0. The Balaban J connectivity index is 1.60. The number of benzene rings is 2. The molecule has 3 rings (SSSR count). The molecule has 1 aliphatic rings. The number of ether oxygens (including phenoxy) is 2. The first kappa shape index (κ1) is 17.3. The van der Waals surface area contributed by atoms with Crippen LogP contribution in [0.5, 0.6) is 11.5 Å². The number of nitrogens with two attached hydrogens (primary N) is 1. The van der Waals surface area contributed by atoms with Crippen molar-refractivity contribution in [1.29, 1.82) is 0 Å². The van der Waals surface area contributed by atoms with Gasteiger partial charge in [0.2, 0.25) is 0 Å². The minimum absolute atomic E-state index is 0.259. The van der Waals surface area contributed by atoms with E-state index in [0.717, 1.165) is 11.4 Å². The van der Waals surface area contributed by atoms with Crippen LogP contribution >= 0.6 is 0 Å². The summed E-state index contributed by atoms with van der Waals surface area (Å²) in [5.74, 6) is 1.73. The number of aliphatic imine (C=N–C) groups is 1. The van der Waals surface area contributed by atoms with Crippen LogP contribution in [0.25, 0.3) is 0 Å². The molecule has 6 heteroatoms. The normalized spacial score (nSPS) is 17.1. The predicted molar refractivity (Wildman–Crippen MR) is 98.1 cm³/mol. The second kappa shape index (κ2) is 8.00. The van der Waals surface area contributed by atoms with Gasteiger partial charge in [-0.3, -0.25) is 4.99 Å². The average Bonchev–Trinajstić information content (AvgIpc) is 2.62. The summed E-state index contributed by atoms with van der Waals surface area (Å²) in [6, 6.07) is 17.0. The van der Waals surface area contributed by atoms with Crippen molar-refractivity contribution in [1.82, 2.24) is 0 Å². The van der Waals surface area contributed by atoms with E-state index in [1.165, 1.54) is 0 Å². The van der Waals surface area contributed by atoms with Gasteiger partial charge in [-0.15, -0.1) is 0 Å². The fourth-order valence-corrected chi connectivity index (χ4v) is 2.59. The van der Waals surface area contributed by atoms with Gasteiger partial charge in [0.1, 0.15) is 11.5 Å². The van der Waals surface area contributed by atoms with E-state index < -0.39 is 5.60 Å². The van der Waals surface area contributed by atoms with Crippen molar-refractivity contribution < 1.29 is 14.6 Å². The molecule has 0 bridgehead atoms. The molecule has 0 spiro atoms. The second-order valence-electron chi connectivity index (χ2n) is 6.11. The zero-order valence-corrected chi connectivity index (χ0v) is 14.0. The van der Waals surface area contributed by atoms with Gasteiger partial charge in [0.05, 0.1) is 12.1 Å². The molecule has 6 nitrogen and oxygen atoms in total. The molecule has 4 N–H and O–H groups in total. The fourth-order valence-electron chi connectivity index (χ4n) is 2.59. The summed E-state index contributed by atoms with van der Waals surface area (Å²) < 4.78 is 11.1. The zero-order valence-electron chi connectivity index (χ0n) is 14.0. The molecule has 2 aromatic carbocycles. The summed E-state index contributed by atoms with van der Waals surface area (Å²) in [6.07, 6.45) is 1.15. The van der Waals surface area contributed by atoms with Crippen LogP contribution < -0.4 is 15.8 Å². The Kier molecular flexibility index (Phi) is 5.53. The van der Waals surface area contributed by atoms with Gasteiger partial charge in [-0.1, -0.05) is 24.3 Å². The Labute approximate surface area is 147 Å². The first-order valence-corrected chi connectivity index (χ1v) is 8.33. The van der Waals surface area contributed by atoms with Crippen molar-refractivity contribution in [2.75, 3.05) is 25.1 Å². The van der Waals surface area contributed by atoms with Crippen LogP contribution in [-0.2, 0) is 4.74 Å². The highest BCUT2D eigenvalue weighted by Crippen LogP contribution is 2.24. The monoisotopic (exact) mass is 341 g/mol. The molecule has 0 atom stereocenters. The molecule has 1 fully saturated rings. The molecule has 0 saturated carbocycles. The Morgan fingerprint density at radius 2 is 1.84 bits per heavy atom. The lowest BCUT2D eigenvalue weighted by atomic mass is 9.95. The SMILES string of the molecule is NC(=NCC1(O)CCOCC1)Nc1cccc(Oc2ccccc2)c1. The maximum Gasteiger partial charge on any atom is 0.193 e. The average molecular weight is 341 g/mol. The summed E-state index contributed by atoms with van der Waals surface area (Å²) in [5, 5.41) is 13.4. The van der Waals surface area contributed by atoms with Gasteiger partial charge in [0, 0.05) is 37.8 Å². The summed E-state index contributed by atoms with van der Waals surface area (Å²) >= 11 is 0. The summed E-state index contributed by atoms with van der Waals surface area (Å²) in [5.41, 5.74) is 5.88. The second-order valence-corrected chi connectivity index (χ2v) is 6.11. The number of guanidine groups is 1. The standard InChI is InChI=1S/C19H23N3O3/c20-18(21-14-19(23)9-11-24-12-10-19)22-15-5-4-8-17(13-15)25-16-6-2-1-3-7-16/h1-8,13,23H,9-12,14H2,(H3,20,21,22). The summed E-state index contributed by atoms with van der Waals surface area (Å²) in [6.45, 7) is 1.37.